The van der Waals surface area contributed by atoms with Gasteiger partial charge in [0.25, 0.3) is 0 Å². The van der Waals surface area contributed by atoms with Gasteiger partial charge in [-0.1, -0.05) is 5.16 Å². The standard InChI is InChI=1S/C8H8F2N2O2/c1-14-7-5(8(11)12-13)2-4(9)3-6(7)10/h2-3,13H,1H3,(H2,11,12). The predicted molar refractivity (Wildman–Crippen MR) is 45.4 cm³/mol. The number of amidine groups is 1. The van der Waals surface area contributed by atoms with E-state index in [0.717, 1.165) is 6.07 Å². The molecule has 0 unspecified atom stereocenters. The van der Waals surface area contributed by atoms with Crippen LogP contribution < -0.4 is 10.5 Å². The summed E-state index contributed by atoms with van der Waals surface area (Å²) in [5.41, 5.74) is 5.06. The van der Waals surface area contributed by atoms with Gasteiger partial charge in [0.15, 0.2) is 17.4 Å². The second-order valence-corrected chi connectivity index (χ2v) is 2.45. The van der Waals surface area contributed by atoms with Crippen molar-refractivity contribution in [1.29, 1.82) is 0 Å². The van der Waals surface area contributed by atoms with E-state index in [-0.39, 0.29) is 11.3 Å². The molecule has 0 atom stereocenters. The third-order valence-electron chi connectivity index (χ3n) is 1.60. The predicted octanol–water partition coefficient (Wildman–Crippen LogP) is 1.07. The smallest absolute Gasteiger partial charge is 0.174 e. The van der Waals surface area contributed by atoms with Crippen LogP contribution in [0.1, 0.15) is 5.56 Å². The highest BCUT2D eigenvalue weighted by atomic mass is 19.1. The molecular formula is C8H8F2N2O2. The van der Waals surface area contributed by atoms with Gasteiger partial charge in [0.05, 0.1) is 12.7 Å². The highest BCUT2D eigenvalue weighted by Crippen LogP contribution is 2.23. The molecule has 0 heterocycles. The molecule has 1 aromatic carbocycles. The summed E-state index contributed by atoms with van der Waals surface area (Å²) in [4.78, 5) is 0. The van der Waals surface area contributed by atoms with Gasteiger partial charge in [0.1, 0.15) is 5.82 Å². The average Bonchev–Trinajstić information content (AvgIpc) is 2.15. The maximum atomic E-state index is 13.1. The van der Waals surface area contributed by atoms with Gasteiger partial charge >= 0.3 is 0 Å². The number of hydrogen-bond acceptors (Lipinski definition) is 3. The molecule has 1 rings (SSSR count). The van der Waals surface area contributed by atoms with E-state index < -0.39 is 17.5 Å². The summed E-state index contributed by atoms with van der Waals surface area (Å²) >= 11 is 0. The van der Waals surface area contributed by atoms with Crippen molar-refractivity contribution in [2.45, 2.75) is 0 Å². The molecule has 0 amide bonds. The highest BCUT2D eigenvalue weighted by molar-refractivity contribution is 5.99. The van der Waals surface area contributed by atoms with Crippen molar-refractivity contribution < 1.29 is 18.7 Å². The first kappa shape index (κ1) is 10.2. The minimum atomic E-state index is -0.908. The first-order chi connectivity index (χ1) is 6.60. The van der Waals surface area contributed by atoms with E-state index in [4.69, 9.17) is 10.9 Å². The van der Waals surface area contributed by atoms with E-state index in [2.05, 4.69) is 9.89 Å². The Morgan fingerprint density at radius 1 is 1.50 bits per heavy atom. The normalized spacial score (nSPS) is 11.5. The maximum Gasteiger partial charge on any atom is 0.174 e. The fraction of sp³-hybridized carbons (Fsp3) is 0.125. The molecule has 0 aliphatic heterocycles. The van der Waals surface area contributed by atoms with Gasteiger partial charge in [-0.15, -0.1) is 0 Å². The lowest BCUT2D eigenvalue weighted by Gasteiger charge is -2.07. The van der Waals surface area contributed by atoms with Gasteiger partial charge < -0.3 is 15.7 Å². The summed E-state index contributed by atoms with van der Waals surface area (Å²) in [6.07, 6.45) is 0. The molecule has 0 saturated carbocycles. The van der Waals surface area contributed by atoms with Crippen LogP contribution in [0, 0.1) is 11.6 Å². The first-order valence-corrected chi connectivity index (χ1v) is 3.61. The van der Waals surface area contributed by atoms with E-state index in [1.165, 1.54) is 7.11 Å². The lowest BCUT2D eigenvalue weighted by molar-refractivity contribution is 0.318. The molecule has 0 spiro atoms. The molecule has 1 aromatic rings. The van der Waals surface area contributed by atoms with Crippen LogP contribution in [0.4, 0.5) is 8.78 Å². The molecule has 0 radical (unpaired) electrons. The number of oxime groups is 1. The number of rotatable bonds is 2. The van der Waals surface area contributed by atoms with Crippen molar-refractivity contribution in [3.8, 4) is 5.75 Å². The van der Waals surface area contributed by atoms with Gasteiger partial charge in [-0.2, -0.15) is 0 Å². The molecule has 0 aliphatic carbocycles. The van der Waals surface area contributed by atoms with Crippen molar-refractivity contribution in [3.05, 3.63) is 29.3 Å². The van der Waals surface area contributed by atoms with Crippen LogP contribution in [0.15, 0.2) is 17.3 Å². The number of halogens is 2. The largest absolute Gasteiger partial charge is 0.493 e. The van der Waals surface area contributed by atoms with Crippen molar-refractivity contribution in [2.24, 2.45) is 10.9 Å². The molecule has 0 bridgehead atoms. The molecule has 0 aromatic heterocycles. The van der Waals surface area contributed by atoms with Crippen molar-refractivity contribution in [3.63, 3.8) is 0 Å². The third kappa shape index (κ3) is 1.73. The zero-order chi connectivity index (χ0) is 10.7. The second kappa shape index (κ2) is 3.91. The van der Waals surface area contributed by atoms with Crippen LogP contribution in [0.5, 0.6) is 5.75 Å². The lowest BCUT2D eigenvalue weighted by Crippen LogP contribution is -2.15. The zero-order valence-electron chi connectivity index (χ0n) is 7.29. The second-order valence-electron chi connectivity index (χ2n) is 2.45. The van der Waals surface area contributed by atoms with Crippen molar-refractivity contribution >= 4 is 5.84 Å². The van der Waals surface area contributed by atoms with E-state index in [0.29, 0.717) is 6.07 Å². The summed E-state index contributed by atoms with van der Waals surface area (Å²) in [6, 6.07) is 1.56. The number of ether oxygens (including phenoxy) is 1. The van der Waals surface area contributed by atoms with E-state index >= 15 is 0 Å². The van der Waals surface area contributed by atoms with Gasteiger partial charge in [0, 0.05) is 6.07 Å². The molecule has 0 aliphatic rings. The van der Waals surface area contributed by atoms with Gasteiger partial charge in [-0.3, -0.25) is 0 Å². The first-order valence-electron chi connectivity index (χ1n) is 3.61. The summed E-state index contributed by atoms with van der Waals surface area (Å²) in [7, 11) is 1.20. The average molecular weight is 202 g/mol. The number of benzene rings is 1. The van der Waals surface area contributed by atoms with E-state index in [9.17, 15) is 8.78 Å². The number of hydrogen-bond donors (Lipinski definition) is 2. The SMILES string of the molecule is COc1c(F)cc(F)cc1/C(N)=N/O. The van der Waals surface area contributed by atoms with Crippen LogP contribution in [0.2, 0.25) is 0 Å². The topological polar surface area (TPSA) is 67.8 Å². The minimum Gasteiger partial charge on any atom is -0.493 e. The summed E-state index contributed by atoms with van der Waals surface area (Å²) in [5, 5.41) is 11.0. The molecule has 0 saturated heterocycles. The molecular weight excluding hydrogens is 194 g/mol. The summed E-state index contributed by atoms with van der Waals surface area (Å²) in [6.45, 7) is 0. The lowest BCUT2D eigenvalue weighted by atomic mass is 10.1. The van der Waals surface area contributed by atoms with Gasteiger partial charge in [-0.25, -0.2) is 8.78 Å². The Labute approximate surface area is 78.6 Å². The maximum absolute atomic E-state index is 13.1. The molecule has 76 valence electrons. The van der Waals surface area contributed by atoms with Crippen LogP contribution in [-0.4, -0.2) is 18.2 Å². The minimum absolute atomic E-state index is 0.132. The highest BCUT2D eigenvalue weighted by Gasteiger charge is 2.14. The quantitative estimate of drug-likeness (QED) is 0.326. The zero-order valence-corrected chi connectivity index (χ0v) is 7.29. The Balaban J connectivity index is 3.39. The fourth-order valence-corrected chi connectivity index (χ4v) is 1.01. The summed E-state index contributed by atoms with van der Waals surface area (Å²) in [5.74, 6) is -2.42. The third-order valence-corrected chi connectivity index (χ3v) is 1.60. The van der Waals surface area contributed by atoms with Crippen LogP contribution in [0.25, 0.3) is 0 Å². The molecule has 14 heavy (non-hydrogen) atoms. The van der Waals surface area contributed by atoms with Crippen LogP contribution in [-0.2, 0) is 0 Å². The fourth-order valence-electron chi connectivity index (χ4n) is 1.01. The van der Waals surface area contributed by atoms with E-state index in [1.54, 1.807) is 0 Å². The molecule has 3 N–H and O–H groups in total. The molecule has 6 heteroatoms. The summed E-state index contributed by atoms with van der Waals surface area (Å²) < 4.78 is 30.4. The number of nitrogens with zero attached hydrogens (tertiary/aromatic N) is 1. The number of nitrogens with two attached hydrogens (primary N) is 1. The van der Waals surface area contributed by atoms with Gasteiger partial charge in [-0.05, 0) is 6.07 Å². The molecule has 0 fully saturated rings. The Morgan fingerprint density at radius 2 is 2.14 bits per heavy atom. The van der Waals surface area contributed by atoms with E-state index in [1.807, 2.05) is 0 Å². The number of methoxy groups -OCH3 is 1. The Hall–Kier alpha value is -1.85. The Kier molecular flexibility index (Phi) is 2.85. The molecule has 4 nitrogen and oxygen atoms in total. The monoisotopic (exact) mass is 202 g/mol. The van der Waals surface area contributed by atoms with Crippen molar-refractivity contribution in [2.75, 3.05) is 7.11 Å². The Bertz CT molecular complexity index is 380. The van der Waals surface area contributed by atoms with Gasteiger partial charge in [0.2, 0.25) is 0 Å². The Morgan fingerprint density at radius 3 is 2.64 bits per heavy atom. The van der Waals surface area contributed by atoms with Crippen LogP contribution in [0.3, 0.4) is 0 Å². The van der Waals surface area contributed by atoms with Crippen LogP contribution >= 0.6 is 0 Å². The van der Waals surface area contributed by atoms with Crippen molar-refractivity contribution in [1.82, 2.24) is 0 Å².